The summed E-state index contributed by atoms with van der Waals surface area (Å²) in [6.45, 7) is 5.42. The topological polar surface area (TPSA) is 62.7 Å². The largest absolute Gasteiger partial charge is 0.455 e. The zero-order valence-corrected chi connectivity index (χ0v) is 12.0. The first-order valence-corrected chi connectivity index (χ1v) is 7.53. The van der Waals surface area contributed by atoms with Gasteiger partial charge in [-0.05, 0) is 38.4 Å². The van der Waals surface area contributed by atoms with Crippen molar-refractivity contribution in [3.63, 3.8) is 0 Å². The first-order valence-electron chi connectivity index (χ1n) is 7.53. The summed E-state index contributed by atoms with van der Waals surface area (Å²) in [4.78, 5) is 17.1. The van der Waals surface area contributed by atoms with E-state index in [9.17, 15) is 4.79 Å². The highest BCUT2D eigenvalue weighted by Crippen LogP contribution is 2.25. The van der Waals surface area contributed by atoms with E-state index >= 15 is 0 Å². The van der Waals surface area contributed by atoms with Gasteiger partial charge in [0.15, 0.2) is 5.76 Å². The maximum Gasteiger partial charge on any atom is 0.289 e. The molecule has 2 aliphatic heterocycles. The summed E-state index contributed by atoms with van der Waals surface area (Å²) >= 11 is 0. The first kappa shape index (κ1) is 13.6. The van der Waals surface area contributed by atoms with Crippen LogP contribution in [0.4, 0.5) is 0 Å². The molecule has 3 heterocycles. The van der Waals surface area contributed by atoms with Crippen LogP contribution in [0.1, 0.15) is 42.5 Å². The first-order chi connectivity index (χ1) is 9.69. The molecular formula is C15H23N3O2. The van der Waals surface area contributed by atoms with E-state index in [-0.39, 0.29) is 11.9 Å². The Morgan fingerprint density at radius 3 is 3.00 bits per heavy atom. The van der Waals surface area contributed by atoms with Gasteiger partial charge >= 0.3 is 0 Å². The minimum Gasteiger partial charge on any atom is -0.455 e. The van der Waals surface area contributed by atoms with Gasteiger partial charge in [-0.1, -0.05) is 6.42 Å². The molecule has 2 atom stereocenters. The molecule has 2 aliphatic rings. The van der Waals surface area contributed by atoms with E-state index in [0.717, 1.165) is 13.1 Å². The van der Waals surface area contributed by atoms with Crippen molar-refractivity contribution in [2.24, 2.45) is 5.73 Å². The molecule has 2 fully saturated rings. The summed E-state index contributed by atoms with van der Waals surface area (Å²) in [5.74, 6) is 1.08. The number of hydrogen-bond acceptors (Lipinski definition) is 4. The Labute approximate surface area is 119 Å². The Hall–Kier alpha value is -1.33. The number of rotatable bonds is 2. The van der Waals surface area contributed by atoms with Crippen molar-refractivity contribution in [3.8, 4) is 0 Å². The second-order valence-corrected chi connectivity index (χ2v) is 5.92. The van der Waals surface area contributed by atoms with E-state index in [0.29, 0.717) is 24.1 Å². The Kier molecular flexibility index (Phi) is 3.81. The van der Waals surface area contributed by atoms with Gasteiger partial charge < -0.3 is 15.1 Å². The highest BCUT2D eigenvalue weighted by atomic mass is 16.4. The average molecular weight is 277 g/mol. The number of amides is 1. The lowest BCUT2D eigenvalue weighted by Crippen LogP contribution is -2.60. The van der Waals surface area contributed by atoms with Gasteiger partial charge in [0.05, 0.1) is 6.54 Å². The third-order valence-electron chi connectivity index (χ3n) is 4.52. The van der Waals surface area contributed by atoms with Crippen molar-refractivity contribution in [1.82, 2.24) is 9.80 Å². The van der Waals surface area contributed by atoms with Crippen LogP contribution in [0.25, 0.3) is 0 Å². The highest BCUT2D eigenvalue weighted by Gasteiger charge is 2.36. The predicted molar refractivity (Wildman–Crippen MR) is 76.3 cm³/mol. The Bertz CT molecular complexity index is 485. The summed E-state index contributed by atoms with van der Waals surface area (Å²) in [5.41, 5.74) is 5.53. The summed E-state index contributed by atoms with van der Waals surface area (Å²) in [6, 6.07) is 4.29. The highest BCUT2D eigenvalue weighted by molar-refractivity contribution is 5.91. The van der Waals surface area contributed by atoms with Gasteiger partial charge in [-0.15, -0.1) is 0 Å². The molecule has 3 rings (SSSR count). The Morgan fingerprint density at radius 2 is 2.25 bits per heavy atom. The second-order valence-electron chi connectivity index (χ2n) is 5.92. The van der Waals surface area contributed by atoms with Crippen LogP contribution in [0.3, 0.4) is 0 Å². The minimum absolute atomic E-state index is 0.00224. The van der Waals surface area contributed by atoms with E-state index < -0.39 is 0 Å². The third kappa shape index (κ3) is 2.47. The van der Waals surface area contributed by atoms with Gasteiger partial charge in [-0.2, -0.15) is 0 Å². The molecule has 0 aromatic carbocycles. The lowest BCUT2D eigenvalue weighted by atomic mass is 9.97. The van der Waals surface area contributed by atoms with E-state index in [1.54, 1.807) is 12.1 Å². The van der Waals surface area contributed by atoms with Crippen LogP contribution in [0.15, 0.2) is 16.5 Å². The lowest BCUT2D eigenvalue weighted by molar-refractivity contribution is 0.0132. The van der Waals surface area contributed by atoms with Gasteiger partial charge in [-0.25, -0.2) is 0 Å². The maximum absolute atomic E-state index is 12.6. The average Bonchev–Trinajstić information content (AvgIpc) is 2.94. The summed E-state index contributed by atoms with van der Waals surface area (Å²) in [5, 5.41) is 0. The Morgan fingerprint density at radius 1 is 1.40 bits per heavy atom. The molecule has 1 aromatic rings. The number of piperazine rings is 1. The van der Waals surface area contributed by atoms with Crippen LogP contribution in [-0.4, -0.2) is 47.4 Å². The zero-order chi connectivity index (χ0) is 14.1. The molecular weight excluding hydrogens is 254 g/mol. The van der Waals surface area contributed by atoms with Gasteiger partial charge in [0.25, 0.3) is 5.91 Å². The van der Waals surface area contributed by atoms with Gasteiger partial charge in [0, 0.05) is 25.2 Å². The van der Waals surface area contributed by atoms with Gasteiger partial charge in [-0.3, -0.25) is 9.69 Å². The number of furan rings is 1. The molecule has 20 heavy (non-hydrogen) atoms. The van der Waals surface area contributed by atoms with Gasteiger partial charge in [0.2, 0.25) is 0 Å². The van der Waals surface area contributed by atoms with Crippen molar-refractivity contribution in [1.29, 1.82) is 0 Å². The molecule has 2 N–H and O–H groups in total. The van der Waals surface area contributed by atoms with Crippen molar-refractivity contribution < 1.29 is 9.21 Å². The number of fused-ring (bicyclic) bond motifs is 1. The molecule has 1 aromatic heterocycles. The normalized spacial score (nSPS) is 27.4. The summed E-state index contributed by atoms with van der Waals surface area (Å²) in [7, 11) is 0. The number of carbonyl (C=O) groups excluding carboxylic acids is 1. The molecule has 2 saturated heterocycles. The van der Waals surface area contributed by atoms with E-state index in [4.69, 9.17) is 10.2 Å². The molecule has 0 spiro atoms. The fourth-order valence-electron chi connectivity index (χ4n) is 3.38. The van der Waals surface area contributed by atoms with Crippen LogP contribution < -0.4 is 5.73 Å². The van der Waals surface area contributed by atoms with Crippen molar-refractivity contribution in [2.75, 3.05) is 19.6 Å². The van der Waals surface area contributed by atoms with E-state index in [1.807, 2.05) is 4.90 Å². The number of piperidine rings is 1. The SMILES string of the molecule is CC1CN2CCCCC2CN1C(=O)c1ccc(CN)o1. The van der Waals surface area contributed by atoms with Crippen LogP contribution >= 0.6 is 0 Å². The molecule has 0 bridgehead atoms. The van der Waals surface area contributed by atoms with Crippen LogP contribution in [0.5, 0.6) is 0 Å². The molecule has 1 amide bonds. The fourth-order valence-corrected chi connectivity index (χ4v) is 3.38. The smallest absolute Gasteiger partial charge is 0.289 e. The van der Waals surface area contributed by atoms with E-state index in [2.05, 4.69) is 11.8 Å². The second kappa shape index (κ2) is 5.58. The summed E-state index contributed by atoms with van der Waals surface area (Å²) < 4.78 is 5.50. The van der Waals surface area contributed by atoms with Crippen molar-refractivity contribution >= 4 is 5.91 Å². The van der Waals surface area contributed by atoms with Gasteiger partial charge in [0.1, 0.15) is 5.76 Å². The molecule has 5 heteroatoms. The van der Waals surface area contributed by atoms with Crippen LogP contribution in [0, 0.1) is 0 Å². The van der Waals surface area contributed by atoms with Crippen LogP contribution in [-0.2, 0) is 6.54 Å². The number of nitrogens with two attached hydrogens (primary N) is 1. The number of carbonyl (C=O) groups is 1. The standard InChI is InChI=1S/C15H23N3O2/c1-11-9-17-7-3-2-4-12(17)10-18(11)15(19)14-6-5-13(8-16)20-14/h5-6,11-12H,2-4,7-10,16H2,1H3. The van der Waals surface area contributed by atoms with Crippen molar-refractivity contribution in [2.45, 2.75) is 44.8 Å². The summed E-state index contributed by atoms with van der Waals surface area (Å²) in [6.07, 6.45) is 3.76. The Balaban J connectivity index is 1.73. The zero-order valence-electron chi connectivity index (χ0n) is 12.0. The van der Waals surface area contributed by atoms with E-state index in [1.165, 1.54) is 25.8 Å². The number of nitrogens with zero attached hydrogens (tertiary/aromatic N) is 2. The quantitative estimate of drug-likeness (QED) is 0.888. The molecule has 110 valence electrons. The fraction of sp³-hybridized carbons (Fsp3) is 0.667. The molecule has 0 radical (unpaired) electrons. The minimum atomic E-state index is 0.00224. The molecule has 0 saturated carbocycles. The third-order valence-corrected chi connectivity index (χ3v) is 4.52. The number of hydrogen-bond donors (Lipinski definition) is 1. The molecule has 0 aliphatic carbocycles. The molecule has 2 unspecified atom stereocenters. The lowest BCUT2D eigenvalue weighted by Gasteiger charge is -2.47. The maximum atomic E-state index is 12.6. The van der Waals surface area contributed by atoms with Crippen LogP contribution in [0.2, 0.25) is 0 Å². The van der Waals surface area contributed by atoms with Crippen molar-refractivity contribution in [3.05, 3.63) is 23.7 Å². The predicted octanol–water partition coefficient (Wildman–Crippen LogP) is 1.44. The molecule has 5 nitrogen and oxygen atoms in total. The monoisotopic (exact) mass is 277 g/mol.